The van der Waals surface area contributed by atoms with Crippen LogP contribution in [0.3, 0.4) is 0 Å². The van der Waals surface area contributed by atoms with E-state index in [9.17, 15) is 13.2 Å². The van der Waals surface area contributed by atoms with Gasteiger partial charge in [-0.25, -0.2) is 0 Å². The molecular formula is C13H18F3NO. The van der Waals surface area contributed by atoms with Crippen LogP contribution in [-0.2, 0) is 10.9 Å². The second-order valence-electron chi connectivity index (χ2n) is 4.03. The summed E-state index contributed by atoms with van der Waals surface area (Å²) in [5, 5.41) is 0. The summed E-state index contributed by atoms with van der Waals surface area (Å²) in [5.74, 6) is 0. The number of alkyl halides is 3. The van der Waals surface area contributed by atoms with Gasteiger partial charge in [0.1, 0.15) is 0 Å². The zero-order valence-corrected chi connectivity index (χ0v) is 10.6. The number of ether oxygens (including phenoxy) is 1. The van der Waals surface area contributed by atoms with Crippen LogP contribution in [-0.4, -0.2) is 26.8 Å². The Morgan fingerprint density at radius 3 is 2.50 bits per heavy atom. The van der Waals surface area contributed by atoms with E-state index in [2.05, 4.69) is 0 Å². The van der Waals surface area contributed by atoms with Crippen LogP contribution in [0.4, 0.5) is 18.9 Å². The van der Waals surface area contributed by atoms with E-state index in [1.807, 2.05) is 11.8 Å². The van der Waals surface area contributed by atoms with Gasteiger partial charge in [-0.2, -0.15) is 13.2 Å². The van der Waals surface area contributed by atoms with Crippen molar-refractivity contribution in [3.05, 3.63) is 29.8 Å². The SMILES string of the molecule is CCCN(CCOC)c1cccc(C(F)(F)F)c1. The zero-order valence-electron chi connectivity index (χ0n) is 10.6. The maximum absolute atomic E-state index is 12.6. The predicted octanol–water partition coefficient (Wildman–Crippen LogP) is 3.57. The first-order chi connectivity index (χ1) is 8.49. The van der Waals surface area contributed by atoms with Crippen molar-refractivity contribution in [1.29, 1.82) is 0 Å². The third-order valence-electron chi connectivity index (χ3n) is 2.60. The fourth-order valence-electron chi connectivity index (χ4n) is 1.72. The molecule has 0 saturated carbocycles. The molecule has 1 aromatic carbocycles. The lowest BCUT2D eigenvalue weighted by Crippen LogP contribution is -2.28. The number of benzene rings is 1. The van der Waals surface area contributed by atoms with Gasteiger partial charge in [0, 0.05) is 25.9 Å². The number of hydrogen-bond acceptors (Lipinski definition) is 2. The van der Waals surface area contributed by atoms with Crippen LogP contribution in [0.15, 0.2) is 24.3 Å². The van der Waals surface area contributed by atoms with Gasteiger partial charge < -0.3 is 9.64 Å². The number of rotatable bonds is 6. The van der Waals surface area contributed by atoms with Crippen LogP contribution in [0.1, 0.15) is 18.9 Å². The Bertz CT molecular complexity index is 365. The van der Waals surface area contributed by atoms with E-state index in [0.29, 0.717) is 25.4 Å². The molecule has 0 aliphatic heterocycles. The predicted molar refractivity (Wildman–Crippen MR) is 65.8 cm³/mol. The highest BCUT2D eigenvalue weighted by molar-refractivity contribution is 5.49. The van der Waals surface area contributed by atoms with Gasteiger partial charge in [0.05, 0.1) is 12.2 Å². The number of anilines is 1. The summed E-state index contributed by atoms with van der Waals surface area (Å²) in [6.45, 7) is 3.79. The molecule has 0 amide bonds. The Labute approximate surface area is 105 Å². The van der Waals surface area contributed by atoms with Gasteiger partial charge >= 0.3 is 6.18 Å². The molecule has 18 heavy (non-hydrogen) atoms. The monoisotopic (exact) mass is 261 g/mol. The standard InChI is InChI=1S/C13H18F3NO/c1-3-7-17(8-9-18-2)12-6-4-5-11(10-12)13(14,15)16/h4-6,10H,3,7-9H2,1-2H3. The molecule has 0 N–H and O–H groups in total. The molecule has 0 atom stereocenters. The summed E-state index contributed by atoms with van der Waals surface area (Å²) in [4.78, 5) is 1.90. The molecule has 5 heteroatoms. The average Bonchev–Trinajstić information content (AvgIpc) is 2.33. The lowest BCUT2D eigenvalue weighted by atomic mass is 10.1. The Kier molecular flexibility index (Phi) is 5.47. The molecule has 1 rings (SSSR count). The third-order valence-corrected chi connectivity index (χ3v) is 2.60. The maximum Gasteiger partial charge on any atom is 0.416 e. The molecule has 0 unspecified atom stereocenters. The fraction of sp³-hybridized carbons (Fsp3) is 0.538. The van der Waals surface area contributed by atoms with E-state index in [0.717, 1.165) is 12.5 Å². The molecule has 0 spiro atoms. The molecule has 0 heterocycles. The molecule has 0 saturated heterocycles. The summed E-state index contributed by atoms with van der Waals surface area (Å²) >= 11 is 0. The van der Waals surface area contributed by atoms with Crippen molar-refractivity contribution in [2.24, 2.45) is 0 Å². The second kappa shape index (κ2) is 6.64. The molecule has 0 radical (unpaired) electrons. The summed E-state index contributed by atoms with van der Waals surface area (Å²) in [6, 6.07) is 5.41. The normalized spacial score (nSPS) is 11.6. The van der Waals surface area contributed by atoms with Crippen molar-refractivity contribution in [3.63, 3.8) is 0 Å². The van der Waals surface area contributed by atoms with E-state index < -0.39 is 11.7 Å². The minimum Gasteiger partial charge on any atom is -0.383 e. The van der Waals surface area contributed by atoms with Crippen LogP contribution in [0, 0.1) is 0 Å². The Balaban J connectivity index is 2.90. The highest BCUT2D eigenvalue weighted by atomic mass is 19.4. The van der Waals surface area contributed by atoms with Crippen molar-refractivity contribution in [2.45, 2.75) is 19.5 Å². The number of methoxy groups -OCH3 is 1. The highest BCUT2D eigenvalue weighted by Gasteiger charge is 2.30. The molecule has 102 valence electrons. The number of halogens is 3. The topological polar surface area (TPSA) is 12.5 Å². The van der Waals surface area contributed by atoms with Crippen LogP contribution >= 0.6 is 0 Å². The van der Waals surface area contributed by atoms with Gasteiger partial charge in [0.25, 0.3) is 0 Å². The molecule has 0 aromatic heterocycles. The first-order valence-electron chi connectivity index (χ1n) is 5.90. The molecule has 1 aromatic rings. The molecule has 0 fully saturated rings. The lowest BCUT2D eigenvalue weighted by molar-refractivity contribution is -0.137. The van der Waals surface area contributed by atoms with E-state index >= 15 is 0 Å². The first kappa shape index (κ1) is 14.8. The summed E-state index contributed by atoms with van der Waals surface area (Å²) in [5.41, 5.74) is -0.0257. The maximum atomic E-state index is 12.6. The lowest BCUT2D eigenvalue weighted by Gasteiger charge is -2.24. The highest BCUT2D eigenvalue weighted by Crippen LogP contribution is 2.31. The fourth-order valence-corrected chi connectivity index (χ4v) is 1.72. The molecular weight excluding hydrogens is 243 g/mol. The number of hydrogen-bond donors (Lipinski definition) is 0. The van der Waals surface area contributed by atoms with E-state index in [-0.39, 0.29) is 0 Å². The minimum atomic E-state index is -4.30. The van der Waals surface area contributed by atoms with Gasteiger partial charge in [-0.15, -0.1) is 0 Å². The van der Waals surface area contributed by atoms with Gasteiger partial charge in [0.15, 0.2) is 0 Å². The summed E-state index contributed by atoms with van der Waals surface area (Å²) in [7, 11) is 1.58. The van der Waals surface area contributed by atoms with Gasteiger partial charge in [-0.1, -0.05) is 13.0 Å². The van der Waals surface area contributed by atoms with Gasteiger partial charge in [0.2, 0.25) is 0 Å². The van der Waals surface area contributed by atoms with Crippen molar-refractivity contribution in [1.82, 2.24) is 0 Å². The Hall–Kier alpha value is -1.23. The van der Waals surface area contributed by atoms with Crippen LogP contribution in [0.25, 0.3) is 0 Å². The number of nitrogens with zero attached hydrogens (tertiary/aromatic N) is 1. The quantitative estimate of drug-likeness (QED) is 0.776. The Morgan fingerprint density at radius 1 is 1.22 bits per heavy atom. The zero-order chi connectivity index (χ0) is 13.6. The van der Waals surface area contributed by atoms with Crippen LogP contribution in [0.5, 0.6) is 0 Å². The third kappa shape index (κ3) is 4.22. The van der Waals surface area contributed by atoms with Crippen molar-refractivity contribution in [3.8, 4) is 0 Å². The molecule has 0 aliphatic rings. The van der Waals surface area contributed by atoms with Crippen molar-refractivity contribution >= 4 is 5.69 Å². The van der Waals surface area contributed by atoms with E-state index in [1.165, 1.54) is 12.1 Å². The van der Waals surface area contributed by atoms with E-state index in [1.54, 1.807) is 13.2 Å². The molecule has 0 bridgehead atoms. The smallest absolute Gasteiger partial charge is 0.383 e. The second-order valence-corrected chi connectivity index (χ2v) is 4.03. The van der Waals surface area contributed by atoms with Crippen LogP contribution in [0.2, 0.25) is 0 Å². The molecule has 0 aliphatic carbocycles. The van der Waals surface area contributed by atoms with Crippen LogP contribution < -0.4 is 4.90 Å². The largest absolute Gasteiger partial charge is 0.416 e. The molecule has 2 nitrogen and oxygen atoms in total. The summed E-state index contributed by atoms with van der Waals surface area (Å²) in [6.07, 6.45) is -3.42. The summed E-state index contributed by atoms with van der Waals surface area (Å²) < 4.78 is 42.9. The van der Waals surface area contributed by atoms with Crippen molar-refractivity contribution in [2.75, 3.05) is 31.7 Å². The van der Waals surface area contributed by atoms with E-state index in [4.69, 9.17) is 4.74 Å². The van der Waals surface area contributed by atoms with Crippen molar-refractivity contribution < 1.29 is 17.9 Å². The van der Waals surface area contributed by atoms with Gasteiger partial charge in [-0.3, -0.25) is 0 Å². The first-order valence-corrected chi connectivity index (χ1v) is 5.90. The minimum absolute atomic E-state index is 0.496. The average molecular weight is 261 g/mol. The van der Waals surface area contributed by atoms with Gasteiger partial charge in [-0.05, 0) is 24.6 Å². The Morgan fingerprint density at radius 2 is 1.94 bits per heavy atom.